The number of nitrogens with zero attached hydrogens (tertiary/aromatic N) is 3. The van der Waals surface area contributed by atoms with Gasteiger partial charge in [0.2, 0.25) is 5.78 Å². The number of rotatable bonds is 4. The number of hydrogen-bond acceptors (Lipinski definition) is 1. The van der Waals surface area contributed by atoms with E-state index in [0.29, 0.717) is 0 Å². The third-order valence-corrected chi connectivity index (χ3v) is 7.69. The standard InChI is InChI=1S/C37H25N3/c1-3-12-26(13-4-1)29-22-30(27-14-5-2-6-15-27)24-31(23-29)28-16-11-17-32(25-28)39-35-20-9-10-21-36(35)40-34-19-8-7-18-33(34)38-37(39)40/h1-25H. The highest BCUT2D eigenvalue weighted by Gasteiger charge is 2.17. The molecule has 0 aliphatic heterocycles. The van der Waals surface area contributed by atoms with Crippen LogP contribution in [-0.4, -0.2) is 14.0 Å². The largest absolute Gasteiger partial charge is 0.278 e. The summed E-state index contributed by atoms with van der Waals surface area (Å²) in [5.41, 5.74) is 12.7. The molecule has 0 aliphatic carbocycles. The fourth-order valence-electron chi connectivity index (χ4n) is 5.82. The van der Waals surface area contributed by atoms with Crippen molar-refractivity contribution in [3.05, 3.63) is 152 Å². The van der Waals surface area contributed by atoms with Gasteiger partial charge >= 0.3 is 0 Å². The van der Waals surface area contributed by atoms with E-state index in [1.807, 2.05) is 6.07 Å². The van der Waals surface area contributed by atoms with Crippen molar-refractivity contribution in [2.75, 3.05) is 0 Å². The zero-order valence-corrected chi connectivity index (χ0v) is 21.8. The van der Waals surface area contributed by atoms with Crippen LogP contribution >= 0.6 is 0 Å². The number of aromatic nitrogens is 3. The number of para-hydroxylation sites is 4. The molecule has 8 aromatic rings. The Balaban J connectivity index is 1.35. The van der Waals surface area contributed by atoms with E-state index in [9.17, 15) is 0 Å². The second-order valence-corrected chi connectivity index (χ2v) is 10.1. The van der Waals surface area contributed by atoms with Gasteiger partial charge in [0.15, 0.2) is 0 Å². The molecular formula is C37H25N3. The zero-order chi connectivity index (χ0) is 26.5. The van der Waals surface area contributed by atoms with Gasteiger partial charge in [0.1, 0.15) is 0 Å². The Morgan fingerprint density at radius 2 is 0.900 bits per heavy atom. The van der Waals surface area contributed by atoms with Crippen LogP contribution in [0, 0.1) is 0 Å². The quantitative estimate of drug-likeness (QED) is 0.231. The smallest absolute Gasteiger partial charge is 0.220 e. The topological polar surface area (TPSA) is 22.2 Å². The zero-order valence-electron chi connectivity index (χ0n) is 21.8. The Morgan fingerprint density at radius 1 is 0.375 bits per heavy atom. The van der Waals surface area contributed by atoms with Crippen molar-refractivity contribution >= 4 is 27.8 Å². The molecular weight excluding hydrogens is 486 g/mol. The summed E-state index contributed by atoms with van der Waals surface area (Å²) < 4.78 is 4.54. The molecule has 40 heavy (non-hydrogen) atoms. The molecule has 0 saturated heterocycles. The SMILES string of the molecule is c1ccc(-c2cc(-c3ccccc3)cc(-c3cccc(-n4c5ccccc5n5c6ccccc6nc45)c3)c2)cc1. The molecule has 0 bridgehead atoms. The molecule has 3 heteroatoms. The Bertz CT molecular complexity index is 2090. The number of fused-ring (bicyclic) bond motifs is 5. The molecule has 0 atom stereocenters. The summed E-state index contributed by atoms with van der Waals surface area (Å²) >= 11 is 0. The van der Waals surface area contributed by atoms with Gasteiger partial charge in [0.05, 0.1) is 22.1 Å². The Morgan fingerprint density at radius 3 is 1.57 bits per heavy atom. The molecule has 2 aromatic heterocycles. The average molecular weight is 512 g/mol. The molecule has 2 heterocycles. The van der Waals surface area contributed by atoms with E-state index in [-0.39, 0.29) is 0 Å². The molecule has 3 nitrogen and oxygen atoms in total. The lowest BCUT2D eigenvalue weighted by molar-refractivity contribution is 1.11. The highest BCUT2D eigenvalue weighted by Crippen LogP contribution is 2.35. The molecule has 8 rings (SSSR count). The van der Waals surface area contributed by atoms with E-state index in [0.717, 1.165) is 33.5 Å². The van der Waals surface area contributed by atoms with E-state index in [1.54, 1.807) is 0 Å². The number of imidazole rings is 2. The van der Waals surface area contributed by atoms with Gasteiger partial charge in [0, 0.05) is 5.69 Å². The predicted molar refractivity (Wildman–Crippen MR) is 166 cm³/mol. The molecule has 0 fully saturated rings. The van der Waals surface area contributed by atoms with Gasteiger partial charge in [-0.1, -0.05) is 97.1 Å². The number of hydrogen-bond donors (Lipinski definition) is 0. The summed E-state index contributed by atoms with van der Waals surface area (Å²) in [4.78, 5) is 5.06. The van der Waals surface area contributed by atoms with Gasteiger partial charge in [-0.2, -0.15) is 0 Å². The van der Waals surface area contributed by atoms with Crippen molar-refractivity contribution in [2.45, 2.75) is 0 Å². The summed E-state index contributed by atoms with van der Waals surface area (Å²) in [6.07, 6.45) is 0. The molecule has 188 valence electrons. The average Bonchev–Trinajstić information content (AvgIpc) is 3.56. The van der Waals surface area contributed by atoms with Crippen LogP contribution in [-0.2, 0) is 0 Å². The first-order chi connectivity index (χ1) is 19.8. The molecule has 0 saturated carbocycles. The third-order valence-electron chi connectivity index (χ3n) is 7.69. The fourth-order valence-corrected chi connectivity index (χ4v) is 5.82. The van der Waals surface area contributed by atoms with E-state index in [1.165, 1.54) is 33.4 Å². The summed E-state index contributed by atoms with van der Waals surface area (Å²) in [6, 6.07) is 53.8. The minimum Gasteiger partial charge on any atom is -0.278 e. The van der Waals surface area contributed by atoms with E-state index in [4.69, 9.17) is 4.98 Å². The first-order valence-corrected chi connectivity index (χ1v) is 13.6. The van der Waals surface area contributed by atoms with Crippen LogP contribution in [0.25, 0.3) is 66.9 Å². The van der Waals surface area contributed by atoms with Gasteiger partial charge in [-0.25, -0.2) is 4.98 Å². The van der Waals surface area contributed by atoms with Crippen LogP contribution in [0.2, 0.25) is 0 Å². The molecule has 0 unspecified atom stereocenters. The monoisotopic (exact) mass is 511 g/mol. The summed E-state index contributed by atoms with van der Waals surface area (Å²) in [5, 5.41) is 0. The van der Waals surface area contributed by atoms with E-state index >= 15 is 0 Å². The molecule has 6 aromatic carbocycles. The fraction of sp³-hybridized carbons (Fsp3) is 0. The molecule has 0 spiro atoms. The van der Waals surface area contributed by atoms with Gasteiger partial charge in [0.25, 0.3) is 0 Å². The van der Waals surface area contributed by atoms with Gasteiger partial charge in [-0.3, -0.25) is 8.97 Å². The minimum absolute atomic E-state index is 0.919. The summed E-state index contributed by atoms with van der Waals surface area (Å²) in [7, 11) is 0. The lowest BCUT2D eigenvalue weighted by Crippen LogP contribution is -1.95. The van der Waals surface area contributed by atoms with Crippen molar-refractivity contribution in [1.29, 1.82) is 0 Å². The van der Waals surface area contributed by atoms with E-state index in [2.05, 4.69) is 155 Å². The summed E-state index contributed by atoms with van der Waals surface area (Å²) in [5.74, 6) is 0.919. The van der Waals surface area contributed by atoms with Crippen molar-refractivity contribution in [3.63, 3.8) is 0 Å². The normalized spacial score (nSPS) is 11.5. The Kier molecular flexibility index (Phi) is 5.14. The second kappa shape index (κ2) is 9.11. The lowest BCUT2D eigenvalue weighted by atomic mass is 9.93. The van der Waals surface area contributed by atoms with E-state index < -0.39 is 0 Å². The maximum absolute atomic E-state index is 5.06. The first-order valence-electron chi connectivity index (χ1n) is 13.6. The Labute approximate surface area is 232 Å². The van der Waals surface area contributed by atoms with Crippen LogP contribution < -0.4 is 0 Å². The molecule has 0 amide bonds. The number of benzene rings is 6. The van der Waals surface area contributed by atoms with Crippen molar-refractivity contribution in [3.8, 4) is 39.1 Å². The van der Waals surface area contributed by atoms with Gasteiger partial charge in [-0.15, -0.1) is 0 Å². The van der Waals surface area contributed by atoms with Crippen LogP contribution in [0.5, 0.6) is 0 Å². The second-order valence-electron chi connectivity index (χ2n) is 10.1. The third kappa shape index (κ3) is 3.63. The van der Waals surface area contributed by atoms with Crippen molar-refractivity contribution in [2.24, 2.45) is 0 Å². The van der Waals surface area contributed by atoms with Crippen molar-refractivity contribution in [1.82, 2.24) is 14.0 Å². The minimum atomic E-state index is 0.919. The van der Waals surface area contributed by atoms with Gasteiger partial charge < -0.3 is 0 Å². The predicted octanol–water partition coefficient (Wildman–Crippen LogP) is 9.43. The highest BCUT2D eigenvalue weighted by molar-refractivity contribution is 5.92. The van der Waals surface area contributed by atoms with Crippen LogP contribution in [0.3, 0.4) is 0 Å². The van der Waals surface area contributed by atoms with Gasteiger partial charge in [-0.05, 0) is 88.0 Å². The Hall–Kier alpha value is -5.41. The molecule has 0 N–H and O–H groups in total. The van der Waals surface area contributed by atoms with Crippen molar-refractivity contribution < 1.29 is 0 Å². The first kappa shape index (κ1) is 22.6. The highest BCUT2D eigenvalue weighted by atomic mass is 15.2. The maximum atomic E-state index is 5.06. The maximum Gasteiger partial charge on any atom is 0.220 e. The van der Waals surface area contributed by atoms with Crippen LogP contribution in [0.1, 0.15) is 0 Å². The molecule has 0 radical (unpaired) electrons. The lowest BCUT2D eigenvalue weighted by Gasteiger charge is -2.13. The van der Waals surface area contributed by atoms with Crippen LogP contribution in [0.15, 0.2) is 152 Å². The molecule has 0 aliphatic rings. The van der Waals surface area contributed by atoms with Crippen LogP contribution in [0.4, 0.5) is 0 Å². The summed E-state index contributed by atoms with van der Waals surface area (Å²) in [6.45, 7) is 0.